The first kappa shape index (κ1) is 25.6. The Morgan fingerprint density at radius 1 is 0.933 bits per heavy atom. The molecule has 0 bridgehead atoms. The molecule has 0 spiro atoms. The first-order valence-electron chi connectivity index (χ1n) is 11.2. The highest BCUT2D eigenvalue weighted by atomic mass is 15.1. The van der Waals surface area contributed by atoms with Gasteiger partial charge in [0.2, 0.25) is 0 Å². The summed E-state index contributed by atoms with van der Waals surface area (Å²) in [6.45, 7) is 8.20. The Morgan fingerprint density at radius 2 is 1.53 bits per heavy atom. The van der Waals surface area contributed by atoms with Crippen LogP contribution in [0.25, 0.3) is 0 Å². The highest BCUT2D eigenvalue weighted by Gasteiger charge is 2.14. The van der Waals surface area contributed by atoms with E-state index < -0.39 is 0 Å². The van der Waals surface area contributed by atoms with Crippen LogP contribution in [0.15, 0.2) is 82.4 Å². The Hall–Kier alpha value is -2.46. The number of nitrogens with two attached hydrogens (primary N) is 3. The Labute approximate surface area is 184 Å². The third-order valence-electron chi connectivity index (χ3n) is 5.25. The summed E-state index contributed by atoms with van der Waals surface area (Å²) in [7, 11) is 2.14. The summed E-state index contributed by atoms with van der Waals surface area (Å²) in [6.07, 6.45) is 23.8. The van der Waals surface area contributed by atoms with Crippen LogP contribution < -0.4 is 17.2 Å². The topological polar surface area (TPSA) is 81.3 Å². The minimum atomic E-state index is 0.275. The lowest BCUT2D eigenvalue weighted by Crippen LogP contribution is -2.28. The second-order valence-corrected chi connectivity index (χ2v) is 7.58. The highest BCUT2D eigenvalue weighted by molar-refractivity contribution is 5.38. The van der Waals surface area contributed by atoms with E-state index in [2.05, 4.69) is 55.3 Å². The Kier molecular flexibility index (Phi) is 12.4. The molecule has 1 saturated heterocycles. The van der Waals surface area contributed by atoms with E-state index in [1.807, 2.05) is 13.8 Å². The molecule has 0 aromatic heterocycles. The smallest absolute Gasteiger partial charge is 0.0934 e. The van der Waals surface area contributed by atoms with E-state index in [0.29, 0.717) is 0 Å². The third kappa shape index (κ3) is 9.36. The molecular weight excluding hydrogens is 368 g/mol. The largest absolute Gasteiger partial charge is 0.402 e. The van der Waals surface area contributed by atoms with Crippen molar-refractivity contribution >= 4 is 0 Å². The average molecular weight is 411 g/mol. The van der Waals surface area contributed by atoms with E-state index >= 15 is 0 Å². The van der Waals surface area contributed by atoms with Crippen LogP contribution in [-0.4, -0.2) is 25.0 Å². The zero-order chi connectivity index (χ0) is 22.4. The van der Waals surface area contributed by atoms with E-state index in [0.717, 1.165) is 31.6 Å². The summed E-state index contributed by atoms with van der Waals surface area (Å²) in [5, 5.41) is 0. The molecular formula is C26H42N4. The number of rotatable bonds is 3. The minimum Gasteiger partial charge on any atom is -0.402 e. The molecule has 2 aliphatic carbocycles. The van der Waals surface area contributed by atoms with Crippen LogP contribution in [-0.2, 0) is 0 Å². The van der Waals surface area contributed by atoms with Gasteiger partial charge < -0.3 is 22.1 Å². The lowest BCUT2D eigenvalue weighted by molar-refractivity contribution is 0.347. The number of likely N-dealkylation sites (N-methyl/N-ethyl adjacent to an activating group) is 1. The molecule has 1 aliphatic heterocycles. The predicted molar refractivity (Wildman–Crippen MR) is 132 cm³/mol. The molecule has 1 heterocycles. The van der Waals surface area contributed by atoms with Gasteiger partial charge in [-0.15, -0.1) is 0 Å². The van der Waals surface area contributed by atoms with Crippen molar-refractivity contribution in [2.45, 2.75) is 59.3 Å². The van der Waals surface area contributed by atoms with Crippen LogP contribution in [0.4, 0.5) is 0 Å². The van der Waals surface area contributed by atoms with E-state index in [1.165, 1.54) is 36.8 Å². The third-order valence-corrected chi connectivity index (χ3v) is 5.25. The van der Waals surface area contributed by atoms with Crippen molar-refractivity contribution in [3.63, 3.8) is 0 Å². The molecule has 0 aromatic carbocycles. The Morgan fingerprint density at radius 3 is 2.07 bits per heavy atom. The molecule has 3 aliphatic rings. The maximum absolute atomic E-state index is 5.89. The molecule has 0 atom stereocenters. The molecule has 1 fully saturated rings. The predicted octanol–water partition coefficient (Wildman–Crippen LogP) is 5.20. The van der Waals surface area contributed by atoms with Crippen molar-refractivity contribution in [3.05, 3.63) is 82.4 Å². The summed E-state index contributed by atoms with van der Waals surface area (Å²) >= 11 is 0. The molecule has 3 rings (SSSR count). The highest BCUT2D eigenvalue weighted by Crippen LogP contribution is 2.27. The molecule has 0 unspecified atom stereocenters. The van der Waals surface area contributed by atoms with Crippen LogP contribution in [0.5, 0.6) is 0 Å². The summed E-state index contributed by atoms with van der Waals surface area (Å²) in [5.41, 5.74) is 23.3. The van der Waals surface area contributed by atoms with E-state index in [4.69, 9.17) is 17.2 Å². The van der Waals surface area contributed by atoms with Crippen molar-refractivity contribution in [2.75, 3.05) is 20.1 Å². The van der Waals surface area contributed by atoms with Crippen LogP contribution >= 0.6 is 0 Å². The van der Waals surface area contributed by atoms with Crippen molar-refractivity contribution in [1.82, 2.24) is 4.90 Å². The molecule has 30 heavy (non-hydrogen) atoms. The van der Waals surface area contributed by atoms with Crippen molar-refractivity contribution < 1.29 is 0 Å². The number of hydrogen-bond donors (Lipinski definition) is 3. The van der Waals surface area contributed by atoms with Gasteiger partial charge in [-0.3, -0.25) is 0 Å². The van der Waals surface area contributed by atoms with Crippen molar-refractivity contribution in [2.24, 2.45) is 17.2 Å². The molecule has 0 saturated carbocycles. The van der Waals surface area contributed by atoms with Gasteiger partial charge in [0, 0.05) is 25.2 Å². The maximum Gasteiger partial charge on any atom is 0.0934 e. The standard InChI is InChI=1S/C14H24N4.C10H12.C2H6/c1-3-11-8-9-18(2)10-12(11)4-5-13(15)6-7-14(16)17;1-2-6-10-8-4-3-7-9(10)5-1;1-2/h3-4,6-7H,5,8-10,15-17H2,1-2H3;1,4-5,8H,2-3,6-7H2;1-2H3/b11-3-,12-4-,13-6-;;. The quantitative estimate of drug-likeness (QED) is 0.559. The zero-order valence-electron chi connectivity index (χ0n) is 19.5. The van der Waals surface area contributed by atoms with Gasteiger partial charge in [-0.2, -0.15) is 0 Å². The normalized spacial score (nSPS) is 21.4. The van der Waals surface area contributed by atoms with Gasteiger partial charge in [-0.1, -0.05) is 50.3 Å². The van der Waals surface area contributed by atoms with Crippen LogP contribution in [0.1, 0.15) is 59.3 Å². The van der Waals surface area contributed by atoms with Crippen molar-refractivity contribution in [3.8, 4) is 0 Å². The summed E-state index contributed by atoms with van der Waals surface area (Å²) < 4.78 is 0. The molecule has 0 aromatic rings. The van der Waals surface area contributed by atoms with Crippen LogP contribution in [0, 0.1) is 0 Å². The first-order chi connectivity index (χ1) is 14.5. The summed E-state index contributed by atoms with van der Waals surface area (Å²) in [5.74, 6) is 0.275. The summed E-state index contributed by atoms with van der Waals surface area (Å²) in [6, 6.07) is 0. The second kappa shape index (κ2) is 14.5. The number of hydrogen-bond acceptors (Lipinski definition) is 4. The molecule has 4 nitrogen and oxygen atoms in total. The Balaban J connectivity index is 0.000000313. The molecule has 4 heteroatoms. The van der Waals surface area contributed by atoms with E-state index in [9.17, 15) is 0 Å². The number of likely N-dealkylation sites (tertiary alicyclic amines) is 1. The molecule has 166 valence electrons. The van der Waals surface area contributed by atoms with E-state index in [-0.39, 0.29) is 5.82 Å². The van der Waals surface area contributed by atoms with Crippen molar-refractivity contribution in [1.29, 1.82) is 0 Å². The number of allylic oxidation sites excluding steroid dienone is 10. The van der Waals surface area contributed by atoms with Gasteiger partial charge in [-0.25, -0.2) is 0 Å². The van der Waals surface area contributed by atoms with Crippen LogP contribution in [0.2, 0.25) is 0 Å². The van der Waals surface area contributed by atoms with Gasteiger partial charge in [0.1, 0.15) is 0 Å². The fourth-order valence-corrected chi connectivity index (χ4v) is 3.61. The van der Waals surface area contributed by atoms with Gasteiger partial charge >= 0.3 is 0 Å². The molecule has 6 N–H and O–H groups in total. The summed E-state index contributed by atoms with van der Waals surface area (Å²) in [4.78, 5) is 2.32. The number of nitrogens with zero attached hydrogens (tertiary/aromatic N) is 1. The Bertz CT molecular complexity index is 717. The lowest BCUT2D eigenvalue weighted by Gasteiger charge is -2.27. The van der Waals surface area contributed by atoms with Gasteiger partial charge in [0.25, 0.3) is 0 Å². The molecule has 0 radical (unpaired) electrons. The second-order valence-electron chi connectivity index (χ2n) is 7.58. The number of piperidine rings is 1. The average Bonchev–Trinajstić information content (AvgIpc) is 2.78. The SMILES string of the molecule is C/C=C1/CCN(C)C/C1=C/C/C(N)=C/C=C(N)N.C1=CC2=C(C=CCC2)CC1.CC. The van der Waals surface area contributed by atoms with Gasteiger partial charge in [-0.05, 0) is 80.5 Å². The molecule has 0 amide bonds. The van der Waals surface area contributed by atoms with Crippen LogP contribution in [0.3, 0.4) is 0 Å². The fraction of sp³-hybridized carbons (Fsp3) is 0.462. The van der Waals surface area contributed by atoms with Gasteiger partial charge in [0.05, 0.1) is 5.82 Å². The first-order valence-corrected chi connectivity index (χ1v) is 11.2. The maximum atomic E-state index is 5.89. The zero-order valence-corrected chi connectivity index (χ0v) is 19.5. The monoisotopic (exact) mass is 410 g/mol. The minimum absolute atomic E-state index is 0.275. The van der Waals surface area contributed by atoms with E-state index in [1.54, 1.807) is 23.3 Å². The van der Waals surface area contributed by atoms with Gasteiger partial charge in [0.15, 0.2) is 0 Å². The lowest BCUT2D eigenvalue weighted by atomic mass is 9.91. The fourth-order valence-electron chi connectivity index (χ4n) is 3.61.